The Labute approximate surface area is 167 Å². The quantitative estimate of drug-likeness (QED) is 0.511. The van der Waals surface area contributed by atoms with E-state index >= 15 is 0 Å². The third-order valence-electron chi connectivity index (χ3n) is 4.59. The molecule has 2 heterocycles. The van der Waals surface area contributed by atoms with Gasteiger partial charge in [0.25, 0.3) is 5.91 Å². The molecular formula is C23H20N2O2S. The number of aromatic nitrogens is 1. The Bertz CT molecular complexity index is 1150. The summed E-state index contributed by atoms with van der Waals surface area (Å²) in [5.41, 5.74) is 3.19. The van der Waals surface area contributed by atoms with Crippen LogP contribution in [0.1, 0.15) is 20.8 Å². The molecule has 0 atom stereocenters. The monoisotopic (exact) mass is 388 g/mol. The summed E-state index contributed by atoms with van der Waals surface area (Å²) in [5, 5.41) is 3.87. The molecule has 1 amide bonds. The first-order chi connectivity index (χ1) is 13.7. The number of pyridine rings is 1. The number of ether oxygens (including phenoxy) is 1. The summed E-state index contributed by atoms with van der Waals surface area (Å²) in [7, 11) is 1.63. The number of nitrogens with one attached hydrogen (secondary N) is 1. The number of benzene rings is 2. The summed E-state index contributed by atoms with van der Waals surface area (Å²) in [4.78, 5) is 20.1. The van der Waals surface area contributed by atoms with E-state index in [9.17, 15) is 4.79 Å². The number of para-hydroxylation sites is 2. The van der Waals surface area contributed by atoms with Gasteiger partial charge in [0.15, 0.2) is 0 Å². The first-order valence-corrected chi connectivity index (χ1v) is 9.84. The predicted octanol–water partition coefficient (Wildman–Crippen LogP) is 5.21. The average Bonchev–Trinajstić information content (AvgIpc) is 3.17. The van der Waals surface area contributed by atoms with Crippen LogP contribution in [0.25, 0.3) is 21.5 Å². The van der Waals surface area contributed by atoms with E-state index in [4.69, 9.17) is 9.72 Å². The van der Waals surface area contributed by atoms with Crippen molar-refractivity contribution in [2.75, 3.05) is 7.11 Å². The fourth-order valence-electron chi connectivity index (χ4n) is 3.18. The van der Waals surface area contributed by atoms with Gasteiger partial charge in [-0.2, -0.15) is 0 Å². The van der Waals surface area contributed by atoms with Gasteiger partial charge in [-0.1, -0.05) is 36.4 Å². The van der Waals surface area contributed by atoms with Crippen molar-refractivity contribution in [1.29, 1.82) is 0 Å². The Morgan fingerprint density at radius 1 is 1.07 bits per heavy atom. The number of thiophene rings is 1. The van der Waals surface area contributed by atoms with E-state index in [-0.39, 0.29) is 5.91 Å². The highest BCUT2D eigenvalue weighted by molar-refractivity contribution is 7.15. The topological polar surface area (TPSA) is 51.2 Å². The van der Waals surface area contributed by atoms with Gasteiger partial charge in [-0.3, -0.25) is 4.79 Å². The van der Waals surface area contributed by atoms with E-state index in [2.05, 4.69) is 18.3 Å². The molecule has 0 aliphatic heterocycles. The number of nitrogens with zero attached hydrogens (tertiary/aromatic N) is 1. The van der Waals surface area contributed by atoms with Crippen molar-refractivity contribution in [3.8, 4) is 16.3 Å². The van der Waals surface area contributed by atoms with E-state index in [0.29, 0.717) is 12.1 Å². The van der Waals surface area contributed by atoms with Crippen LogP contribution in [-0.2, 0) is 6.54 Å². The molecule has 0 aliphatic rings. The Morgan fingerprint density at radius 2 is 1.86 bits per heavy atom. The molecule has 0 aliphatic carbocycles. The minimum Gasteiger partial charge on any atom is -0.496 e. The van der Waals surface area contributed by atoms with Gasteiger partial charge in [0, 0.05) is 22.4 Å². The van der Waals surface area contributed by atoms with Gasteiger partial charge >= 0.3 is 0 Å². The molecule has 28 heavy (non-hydrogen) atoms. The molecule has 0 fully saturated rings. The summed E-state index contributed by atoms with van der Waals surface area (Å²) >= 11 is 1.67. The van der Waals surface area contributed by atoms with Crippen LogP contribution in [0, 0.1) is 6.92 Å². The minimum absolute atomic E-state index is 0.126. The van der Waals surface area contributed by atoms with Crippen molar-refractivity contribution in [2.45, 2.75) is 13.5 Å². The van der Waals surface area contributed by atoms with Crippen LogP contribution >= 0.6 is 11.3 Å². The molecule has 140 valence electrons. The van der Waals surface area contributed by atoms with Crippen LogP contribution in [0.2, 0.25) is 0 Å². The summed E-state index contributed by atoms with van der Waals surface area (Å²) in [6.07, 6.45) is 0. The van der Waals surface area contributed by atoms with Crippen molar-refractivity contribution in [1.82, 2.24) is 10.3 Å². The summed E-state index contributed by atoms with van der Waals surface area (Å²) in [6, 6.07) is 21.4. The number of amides is 1. The van der Waals surface area contributed by atoms with E-state index in [1.807, 2.05) is 60.7 Å². The zero-order chi connectivity index (χ0) is 19.5. The molecule has 2 aromatic heterocycles. The van der Waals surface area contributed by atoms with Crippen LogP contribution in [0.15, 0.2) is 66.7 Å². The lowest BCUT2D eigenvalue weighted by atomic mass is 10.1. The molecule has 0 spiro atoms. The first-order valence-electron chi connectivity index (χ1n) is 9.02. The number of hydrogen-bond acceptors (Lipinski definition) is 4. The van der Waals surface area contributed by atoms with Crippen molar-refractivity contribution in [3.63, 3.8) is 0 Å². The second-order valence-corrected chi connectivity index (χ2v) is 7.76. The Hall–Kier alpha value is -3.18. The van der Waals surface area contributed by atoms with Gasteiger partial charge in [0.2, 0.25) is 0 Å². The molecule has 0 radical (unpaired) electrons. The Balaban J connectivity index is 1.69. The Kier molecular flexibility index (Phi) is 5.08. The van der Waals surface area contributed by atoms with Crippen LogP contribution in [0.5, 0.6) is 5.75 Å². The molecule has 1 N–H and O–H groups in total. The molecule has 4 nitrogen and oxygen atoms in total. The second kappa shape index (κ2) is 7.82. The van der Waals surface area contributed by atoms with Crippen LogP contribution in [0.3, 0.4) is 0 Å². The third-order valence-corrected chi connectivity index (χ3v) is 5.61. The second-order valence-electron chi connectivity index (χ2n) is 6.48. The predicted molar refractivity (Wildman–Crippen MR) is 114 cm³/mol. The molecule has 4 rings (SSSR count). The van der Waals surface area contributed by atoms with Gasteiger partial charge in [-0.05, 0) is 37.3 Å². The molecule has 0 saturated carbocycles. The van der Waals surface area contributed by atoms with Gasteiger partial charge < -0.3 is 10.1 Å². The molecule has 5 heteroatoms. The van der Waals surface area contributed by atoms with E-state index in [0.717, 1.165) is 32.8 Å². The highest BCUT2D eigenvalue weighted by Crippen LogP contribution is 2.30. The fourth-order valence-corrected chi connectivity index (χ4v) is 4.01. The minimum atomic E-state index is -0.126. The van der Waals surface area contributed by atoms with Crippen molar-refractivity contribution in [2.24, 2.45) is 0 Å². The number of hydrogen-bond donors (Lipinski definition) is 1. The maximum Gasteiger partial charge on any atom is 0.252 e. The average molecular weight is 388 g/mol. The summed E-state index contributed by atoms with van der Waals surface area (Å²) in [5.74, 6) is 0.635. The maximum absolute atomic E-state index is 13.0. The van der Waals surface area contributed by atoms with E-state index in [1.165, 1.54) is 4.88 Å². The summed E-state index contributed by atoms with van der Waals surface area (Å²) in [6.45, 7) is 2.46. The highest BCUT2D eigenvalue weighted by atomic mass is 32.1. The van der Waals surface area contributed by atoms with Gasteiger partial charge in [0.1, 0.15) is 5.75 Å². The third kappa shape index (κ3) is 3.62. The lowest BCUT2D eigenvalue weighted by Gasteiger charge is -2.12. The summed E-state index contributed by atoms with van der Waals surface area (Å²) < 4.78 is 5.37. The van der Waals surface area contributed by atoms with Crippen LogP contribution < -0.4 is 10.1 Å². The number of carbonyl (C=O) groups excluding carboxylic acids is 1. The van der Waals surface area contributed by atoms with Crippen molar-refractivity contribution >= 4 is 28.1 Å². The number of aryl methyl sites for hydroxylation is 1. The van der Waals surface area contributed by atoms with Gasteiger partial charge in [-0.25, -0.2) is 4.98 Å². The maximum atomic E-state index is 13.0. The Morgan fingerprint density at radius 3 is 2.64 bits per heavy atom. The number of fused-ring (bicyclic) bond motifs is 1. The smallest absolute Gasteiger partial charge is 0.252 e. The van der Waals surface area contributed by atoms with Gasteiger partial charge in [-0.15, -0.1) is 11.3 Å². The molecule has 2 aromatic carbocycles. The normalized spacial score (nSPS) is 10.8. The molecule has 0 bridgehead atoms. The lowest BCUT2D eigenvalue weighted by Crippen LogP contribution is -2.23. The molecular weight excluding hydrogens is 368 g/mol. The number of rotatable bonds is 5. The fraction of sp³-hybridized carbons (Fsp3) is 0.130. The van der Waals surface area contributed by atoms with Crippen LogP contribution in [-0.4, -0.2) is 18.0 Å². The molecule has 0 unspecified atom stereocenters. The first kappa shape index (κ1) is 18.2. The SMILES string of the molecule is COc1ccccc1CNC(=O)c1cc(-c2ccc(C)s2)nc2ccccc12. The molecule has 0 saturated heterocycles. The van der Waals surface area contributed by atoms with Crippen molar-refractivity contribution in [3.05, 3.63) is 82.7 Å². The lowest BCUT2D eigenvalue weighted by molar-refractivity contribution is 0.0952. The number of carbonyl (C=O) groups is 1. The highest BCUT2D eigenvalue weighted by Gasteiger charge is 2.15. The standard InChI is InChI=1S/C23H20N2O2S/c1-15-11-12-22(28-15)20-13-18(17-8-4-5-9-19(17)25-20)23(26)24-14-16-7-3-6-10-21(16)27-2/h3-13H,14H2,1-2H3,(H,24,26). The van der Waals surface area contributed by atoms with Gasteiger partial charge in [0.05, 0.1) is 28.8 Å². The molecule has 4 aromatic rings. The van der Waals surface area contributed by atoms with Crippen molar-refractivity contribution < 1.29 is 9.53 Å². The number of methoxy groups -OCH3 is 1. The zero-order valence-corrected chi connectivity index (χ0v) is 16.5. The van der Waals surface area contributed by atoms with E-state index in [1.54, 1.807) is 18.4 Å². The largest absolute Gasteiger partial charge is 0.496 e. The van der Waals surface area contributed by atoms with Crippen LogP contribution in [0.4, 0.5) is 0 Å². The zero-order valence-electron chi connectivity index (χ0n) is 15.7. The van der Waals surface area contributed by atoms with E-state index < -0.39 is 0 Å².